The van der Waals surface area contributed by atoms with Gasteiger partial charge in [-0.25, -0.2) is 0 Å². The van der Waals surface area contributed by atoms with Crippen LogP contribution < -0.4 is 9.80 Å². The van der Waals surface area contributed by atoms with Gasteiger partial charge in [0.15, 0.2) is 6.17 Å². The van der Waals surface area contributed by atoms with Crippen molar-refractivity contribution in [2.75, 3.05) is 64.2 Å². The van der Waals surface area contributed by atoms with Gasteiger partial charge in [0.25, 0.3) is 0 Å². The van der Waals surface area contributed by atoms with Crippen molar-refractivity contribution < 1.29 is 8.97 Å². The lowest BCUT2D eigenvalue weighted by Crippen LogP contribution is -2.57. The largest absolute Gasteiger partial charge is 0.347 e. The summed E-state index contributed by atoms with van der Waals surface area (Å²) in [4.78, 5) is 4.90. The Balaban J connectivity index is 1.32. The van der Waals surface area contributed by atoms with Gasteiger partial charge in [0.05, 0.1) is 53.5 Å². The number of nitrogens with zero attached hydrogens (tertiary/aromatic N) is 4. The summed E-state index contributed by atoms with van der Waals surface area (Å²) in [6.07, 6.45) is 15.0. The van der Waals surface area contributed by atoms with Gasteiger partial charge >= 0.3 is 0 Å². The van der Waals surface area contributed by atoms with Crippen LogP contribution in [0.25, 0.3) is 11.1 Å². The van der Waals surface area contributed by atoms with Gasteiger partial charge in [-0.3, -0.25) is 4.90 Å². The second-order valence-electron chi connectivity index (χ2n) is 12.0. The van der Waals surface area contributed by atoms with Crippen LogP contribution >= 0.6 is 0 Å². The molecule has 4 rings (SSSR count). The predicted molar refractivity (Wildman–Crippen MR) is 166 cm³/mol. The number of hydrogen-bond acceptors (Lipinski definition) is 2. The Hall–Kier alpha value is -3.08. The minimum Gasteiger partial charge on any atom is -0.347 e. The molecule has 0 fully saturated rings. The van der Waals surface area contributed by atoms with Crippen LogP contribution in [0.5, 0.6) is 0 Å². The van der Waals surface area contributed by atoms with Gasteiger partial charge in [0.1, 0.15) is 0 Å². The molecule has 2 aliphatic heterocycles. The normalized spacial score (nSPS) is 17.1. The molecular formula is C34H48N4+2. The molecule has 1 atom stereocenters. The summed E-state index contributed by atoms with van der Waals surface area (Å²) in [7, 11) is 9.59. The van der Waals surface area contributed by atoms with E-state index in [-0.39, 0.29) is 0 Å². The Morgan fingerprint density at radius 1 is 0.816 bits per heavy atom. The Morgan fingerprint density at radius 3 is 2.18 bits per heavy atom. The third-order valence-electron chi connectivity index (χ3n) is 8.39. The first-order valence-electron chi connectivity index (χ1n) is 14.3. The molecular weight excluding hydrogens is 464 g/mol. The molecule has 38 heavy (non-hydrogen) atoms. The van der Waals surface area contributed by atoms with Gasteiger partial charge in [-0.1, -0.05) is 56.0 Å². The molecule has 0 aliphatic carbocycles. The van der Waals surface area contributed by atoms with Crippen molar-refractivity contribution in [3.05, 3.63) is 96.9 Å². The number of benzene rings is 2. The summed E-state index contributed by atoms with van der Waals surface area (Å²) in [6, 6.07) is 17.5. The van der Waals surface area contributed by atoms with E-state index >= 15 is 0 Å². The van der Waals surface area contributed by atoms with E-state index in [1.807, 2.05) is 0 Å². The fourth-order valence-electron chi connectivity index (χ4n) is 6.19. The predicted octanol–water partition coefficient (Wildman–Crippen LogP) is 7.14. The highest BCUT2D eigenvalue weighted by Gasteiger charge is 2.34. The maximum absolute atomic E-state index is 4.20. The summed E-state index contributed by atoms with van der Waals surface area (Å²) < 4.78 is 2.04. The summed E-state index contributed by atoms with van der Waals surface area (Å²) in [5, 5.41) is 0. The SMILES string of the molecule is C=C1C=CN(CCC[N+](C)(C)CCC[N+](C)(C)C(CC)N2C=C/C(=C\C)c3ccccc32)c2ccccc21. The molecule has 2 heterocycles. The van der Waals surface area contributed by atoms with Crippen molar-refractivity contribution in [1.82, 2.24) is 0 Å². The quantitative estimate of drug-likeness (QED) is 0.295. The first kappa shape index (κ1) is 27.9. The molecule has 4 heteroatoms. The van der Waals surface area contributed by atoms with E-state index < -0.39 is 0 Å². The van der Waals surface area contributed by atoms with Crippen LogP contribution in [0.1, 0.15) is 44.2 Å². The number of allylic oxidation sites excluding steroid dienone is 5. The highest BCUT2D eigenvalue weighted by Crippen LogP contribution is 2.36. The van der Waals surface area contributed by atoms with Crippen molar-refractivity contribution in [1.29, 1.82) is 0 Å². The summed E-state index contributed by atoms with van der Waals surface area (Å²) >= 11 is 0. The van der Waals surface area contributed by atoms with Gasteiger partial charge in [-0.05, 0) is 42.4 Å². The van der Waals surface area contributed by atoms with Crippen LogP contribution in [0.2, 0.25) is 0 Å². The number of quaternary nitrogens is 2. The highest BCUT2D eigenvalue weighted by atomic mass is 15.5. The van der Waals surface area contributed by atoms with E-state index in [1.165, 1.54) is 47.6 Å². The second-order valence-corrected chi connectivity index (χ2v) is 12.0. The molecule has 2 aliphatic rings. The van der Waals surface area contributed by atoms with Gasteiger partial charge in [0, 0.05) is 55.0 Å². The fraction of sp³-hybridized carbons (Fsp3) is 0.412. The van der Waals surface area contributed by atoms with E-state index in [4.69, 9.17) is 0 Å². The zero-order valence-electron chi connectivity index (χ0n) is 24.5. The Kier molecular flexibility index (Phi) is 8.64. The monoisotopic (exact) mass is 512 g/mol. The smallest absolute Gasteiger partial charge is 0.167 e. The van der Waals surface area contributed by atoms with Crippen LogP contribution in [-0.4, -0.2) is 69.5 Å². The van der Waals surface area contributed by atoms with Crippen molar-refractivity contribution in [3.8, 4) is 0 Å². The van der Waals surface area contributed by atoms with Crippen molar-refractivity contribution in [3.63, 3.8) is 0 Å². The average Bonchev–Trinajstić information content (AvgIpc) is 2.90. The van der Waals surface area contributed by atoms with Crippen LogP contribution in [0.4, 0.5) is 11.4 Å². The molecule has 202 valence electrons. The minimum absolute atomic E-state index is 0.405. The summed E-state index contributed by atoms with van der Waals surface area (Å²) in [5.74, 6) is 0. The lowest BCUT2D eigenvalue weighted by molar-refractivity contribution is -0.924. The topological polar surface area (TPSA) is 6.48 Å². The third kappa shape index (κ3) is 6.14. The van der Waals surface area contributed by atoms with Crippen LogP contribution in [-0.2, 0) is 0 Å². The first-order valence-corrected chi connectivity index (χ1v) is 14.3. The minimum atomic E-state index is 0.405. The molecule has 0 radical (unpaired) electrons. The number of hydrogen-bond donors (Lipinski definition) is 0. The number of para-hydroxylation sites is 2. The lowest BCUT2D eigenvalue weighted by Gasteiger charge is -2.45. The summed E-state index contributed by atoms with van der Waals surface area (Å²) in [5.41, 5.74) is 7.61. The zero-order valence-corrected chi connectivity index (χ0v) is 24.5. The van der Waals surface area contributed by atoms with E-state index in [0.29, 0.717) is 6.17 Å². The van der Waals surface area contributed by atoms with E-state index in [2.05, 4.69) is 138 Å². The molecule has 0 saturated heterocycles. The Labute approximate surface area is 231 Å². The van der Waals surface area contributed by atoms with Crippen LogP contribution in [0, 0.1) is 0 Å². The Bertz CT molecular complexity index is 1220. The molecule has 0 bridgehead atoms. The maximum atomic E-state index is 4.20. The average molecular weight is 513 g/mol. The standard InChI is InChI=1S/C34H48N4/c1-8-29-21-24-36(33-19-13-11-17-31(29)33)34(9-2)38(6,7)27-15-26-37(4,5)25-14-22-35-23-20-28(3)30-16-10-12-18-32(30)35/h8,10-13,16-21,23-24,34H,3,9,14-15,22,25-27H2,1-2,4-7H3/q+2/b29-8+. The maximum Gasteiger partial charge on any atom is 0.167 e. The summed E-state index contributed by atoms with van der Waals surface area (Å²) in [6.45, 7) is 13.2. The molecule has 2 aromatic rings. The van der Waals surface area contributed by atoms with E-state index in [1.54, 1.807) is 0 Å². The lowest BCUT2D eigenvalue weighted by atomic mass is 9.99. The van der Waals surface area contributed by atoms with Gasteiger partial charge < -0.3 is 13.9 Å². The number of anilines is 2. The number of fused-ring (bicyclic) bond motifs is 2. The fourth-order valence-corrected chi connectivity index (χ4v) is 6.19. The first-order chi connectivity index (χ1) is 18.2. The van der Waals surface area contributed by atoms with Gasteiger partial charge in [0.2, 0.25) is 0 Å². The third-order valence-corrected chi connectivity index (χ3v) is 8.39. The zero-order chi connectivity index (χ0) is 27.3. The second kappa shape index (κ2) is 11.8. The van der Waals surface area contributed by atoms with Crippen LogP contribution in [0.15, 0.2) is 85.7 Å². The van der Waals surface area contributed by atoms with Crippen molar-refractivity contribution >= 4 is 22.5 Å². The highest BCUT2D eigenvalue weighted by molar-refractivity contribution is 5.86. The van der Waals surface area contributed by atoms with Gasteiger partial charge in [-0.15, -0.1) is 0 Å². The molecule has 1 unspecified atom stereocenters. The van der Waals surface area contributed by atoms with Crippen LogP contribution in [0.3, 0.4) is 0 Å². The van der Waals surface area contributed by atoms with E-state index in [9.17, 15) is 0 Å². The molecule has 0 N–H and O–H groups in total. The number of rotatable bonds is 11. The molecule has 0 saturated carbocycles. The van der Waals surface area contributed by atoms with Crippen molar-refractivity contribution in [2.24, 2.45) is 0 Å². The Morgan fingerprint density at radius 2 is 1.47 bits per heavy atom. The van der Waals surface area contributed by atoms with Gasteiger partial charge in [-0.2, -0.15) is 0 Å². The van der Waals surface area contributed by atoms with E-state index in [0.717, 1.165) is 40.5 Å². The molecule has 0 spiro atoms. The molecule has 0 amide bonds. The molecule has 0 aromatic heterocycles. The molecule has 2 aromatic carbocycles. The van der Waals surface area contributed by atoms with Crippen molar-refractivity contribution in [2.45, 2.75) is 39.3 Å². The molecule has 4 nitrogen and oxygen atoms in total.